The Balaban J connectivity index is 0.000000210. The summed E-state index contributed by atoms with van der Waals surface area (Å²) in [6, 6.07) is 20.6. The number of aromatic hydroxyl groups is 2. The molecule has 0 spiro atoms. The molecule has 18 heteroatoms. The van der Waals surface area contributed by atoms with Crippen LogP contribution in [-0.4, -0.2) is 55.2 Å². The molecule has 0 fully saturated rings. The Morgan fingerprint density at radius 1 is 0.807 bits per heavy atom. The first-order valence-corrected chi connectivity index (χ1v) is 18.2. The molecule has 57 heavy (non-hydrogen) atoms. The first-order chi connectivity index (χ1) is 27.5. The topological polar surface area (TPSA) is 209 Å². The van der Waals surface area contributed by atoms with Gasteiger partial charge in [0.05, 0.1) is 46.3 Å². The van der Waals surface area contributed by atoms with Crippen molar-refractivity contribution in [3.8, 4) is 22.8 Å². The molecule has 0 unspecified atom stereocenters. The van der Waals surface area contributed by atoms with Gasteiger partial charge in [0.2, 0.25) is 0 Å². The average molecular weight is 851 g/mol. The second-order valence-corrected chi connectivity index (χ2v) is 13.9. The molecule has 9 rings (SSSR count). The average Bonchev–Trinajstić information content (AvgIpc) is 3.80. The number of hydrogen-bond donors (Lipinski definition) is 4. The molecule has 284 valence electrons. The second-order valence-electron chi connectivity index (χ2n) is 12.7. The number of rotatable bonds is 6. The molecule has 0 atom stereocenters. The lowest BCUT2D eigenvalue weighted by Gasteiger charge is -2.15. The van der Waals surface area contributed by atoms with Gasteiger partial charge < -0.3 is 21.7 Å². The normalized spacial score (nSPS) is 12.0. The van der Waals surface area contributed by atoms with E-state index in [1.807, 2.05) is 18.2 Å². The fourth-order valence-electron chi connectivity index (χ4n) is 6.42. The molecule has 0 radical (unpaired) electrons. The highest BCUT2D eigenvalue weighted by Gasteiger charge is 2.24. The SMILES string of the molecule is Nc1ncnc2c1C(c1ccc(O)c(F)c1)=NC2.Nc1ncnc2c1c(-c1ccc(O)c(F)c1)nn2Cc1nc2cccc(Br)c2c(=O)n1Cc1ccccc1Cl. The number of phenols is 2. The van der Waals surface area contributed by atoms with Crippen LogP contribution in [0.2, 0.25) is 5.02 Å². The quantitative estimate of drug-likeness (QED) is 0.144. The molecule has 6 N–H and O–H groups in total. The van der Waals surface area contributed by atoms with Crippen molar-refractivity contribution >= 4 is 66.8 Å². The van der Waals surface area contributed by atoms with Crippen LogP contribution in [0.15, 0.2) is 106 Å². The van der Waals surface area contributed by atoms with Crippen LogP contribution in [0.1, 0.15) is 28.2 Å². The smallest absolute Gasteiger partial charge is 0.262 e. The highest BCUT2D eigenvalue weighted by molar-refractivity contribution is 9.10. The summed E-state index contributed by atoms with van der Waals surface area (Å²) in [4.78, 5) is 39.4. The predicted molar refractivity (Wildman–Crippen MR) is 214 cm³/mol. The summed E-state index contributed by atoms with van der Waals surface area (Å²) in [5.74, 6) is -1.50. The number of aliphatic imine (C=N–C) groups is 1. The van der Waals surface area contributed by atoms with Crippen LogP contribution in [0.5, 0.6) is 11.5 Å². The van der Waals surface area contributed by atoms with E-state index in [2.05, 4.69) is 46.0 Å². The van der Waals surface area contributed by atoms with E-state index in [1.54, 1.807) is 39.6 Å². The number of hydrogen-bond acceptors (Lipinski definition) is 12. The summed E-state index contributed by atoms with van der Waals surface area (Å²) < 4.78 is 31.3. The molecule has 14 nitrogen and oxygen atoms in total. The standard InChI is InChI=1S/C27H18BrClFN7O2.C12H9FN4O/c28-16-5-3-7-19-22(16)27(39)36(11-15-4-1-2-6-17(15)29)21(34-19)12-37-26-23(25(31)32-13-33-26)24(35-37)14-8-9-20(38)18(30)10-14;13-7-3-6(1-2-9(7)18)11-10-8(4-15-11)16-5-17-12(10)14/h1-10,13,38H,11-12H2,(H2,31,32,33);1-3,5,18H,4H2,(H2,14,16,17). The number of nitrogens with two attached hydrogens (primary N) is 2. The Kier molecular flexibility index (Phi) is 9.76. The number of nitrogens with zero attached hydrogens (tertiary/aromatic N) is 9. The summed E-state index contributed by atoms with van der Waals surface area (Å²) in [6.45, 7) is 0.611. The largest absolute Gasteiger partial charge is 0.505 e. The van der Waals surface area contributed by atoms with E-state index >= 15 is 0 Å². The molecular weight excluding hydrogens is 824 g/mol. The van der Waals surface area contributed by atoms with Gasteiger partial charge in [0, 0.05) is 20.6 Å². The van der Waals surface area contributed by atoms with E-state index in [0.717, 1.165) is 17.3 Å². The first-order valence-electron chi connectivity index (χ1n) is 17.0. The van der Waals surface area contributed by atoms with Crippen LogP contribution >= 0.6 is 27.5 Å². The van der Waals surface area contributed by atoms with E-state index in [1.165, 1.54) is 36.9 Å². The van der Waals surface area contributed by atoms with Gasteiger partial charge in [0.15, 0.2) is 28.8 Å². The number of phenolic OH excluding ortho intramolecular Hbond substituents is 2. The molecule has 4 aromatic heterocycles. The molecule has 0 saturated heterocycles. The van der Waals surface area contributed by atoms with Gasteiger partial charge in [-0.25, -0.2) is 38.4 Å². The summed E-state index contributed by atoms with van der Waals surface area (Å²) in [5, 5.41) is 24.9. The lowest BCUT2D eigenvalue weighted by Crippen LogP contribution is -2.28. The molecule has 8 aromatic rings. The van der Waals surface area contributed by atoms with E-state index < -0.39 is 23.1 Å². The first kappa shape index (κ1) is 37.1. The van der Waals surface area contributed by atoms with Crippen molar-refractivity contribution in [2.75, 3.05) is 11.5 Å². The molecule has 0 bridgehead atoms. The van der Waals surface area contributed by atoms with Gasteiger partial charge in [-0.05, 0) is 76.1 Å². The van der Waals surface area contributed by atoms with Crippen molar-refractivity contribution in [1.82, 2.24) is 39.3 Å². The molecule has 1 aliphatic rings. The molecule has 5 heterocycles. The second kappa shape index (κ2) is 15.0. The lowest BCUT2D eigenvalue weighted by atomic mass is 10.0. The van der Waals surface area contributed by atoms with Gasteiger partial charge in [-0.15, -0.1) is 0 Å². The number of anilines is 2. The molecule has 1 aliphatic heterocycles. The maximum Gasteiger partial charge on any atom is 0.262 e. The monoisotopic (exact) mass is 849 g/mol. The zero-order chi connectivity index (χ0) is 40.0. The zero-order valence-electron chi connectivity index (χ0n) is 29.3. The predicted octanol–water partition coefficient (Wildman–Crippen LogP) is 6.40. The lowest BCUT2D eigenvalue weighted by molar-refractivity contribution is 0.432. The summed E-state index contributed by atoms with van der Waals surface area (Å²) in [7, 11) is 0. The minimum absolute atomic E-state index is 0.0374. The van der Waals surface area contributed by atoms with Gasteiger partial charge in [-0.2, -0.15) is 5.10 Å². The summed E-state index contributed by atoms with van der Waals surface area (Å²) in [6.07, 6.45) is 2.68. The Hall–Kier alpha value is -6.85. The molecule has 0 aliphatic carbocycles. The third kappa shape index (κ3) is 6.98. The minimum Gasteiger partial charge on any atom is -0.505 e. The van der Waals surface area contributed by atoms with Gasteiger partial charge >= 0.3 is 0 Å². The van der Waals surface area contributed by atoms with Gasteiger partial charge in [-0.3, -0.25) is 14.4 Å². The van der Waals surface area contributed by atoms with Crippen LogP contribution in [0.4, 0.5) is 20.4 Å². The Labute approximate surface area is 334 Å². The van der Waals surface area contributed by atoms with E-state index in [9.17, 15) is 23.8 Å². The zero-order valence-corrected chi connectivity index (χ0v) is 31.6. The van der Waals surface area contributed by atoms with E-state index in [0.29, 0.717) is 77.7 Å². The maximum atomic E-state index is 14.2. The number of halogens is 4. The van der Waals surface area contributed by atoms with Crippen molar-refractivity contribution in [3.63, 3.8) is 0 Å². The molecule has 0 saturated carbocycles. The third-order valence-electron chi connectivity index (χ3n) is 9.17. The van der Waals surface area contributed by atoms with Crippen LogP contribution in [0.25, 0.3) is 33.2 Å². The van der Waals surface area contributed by atoms with Crippen LogP contribution < -0.4 is 17.0 Å². The maximum absolute atomic E-state index is 14.2. The summed E-state index contributed by atoms with van der Waals surface area (Å²) >= 11 is 9.91. The van der Waals surface area contributed by atoms with Crippen LogP contribution in [-0.2, 0) is 19.6 Å². The highest BCUT2D eigenvalue weighted by atomic mass is 79.9. The molecule has 0 amide bonds. The van der Waals surface area contributed by atoms with Gasteiger partial charge in [-0.1, -0.05) is 35.9 Å². The number of aromatic nitrogens is 8. The van der Waals surface area contributed by atoms with Crippen molar-refractivity contribution in [3.05, 3.63) is 151 Å². The number of benzene rings is 4. The Bertz CT molecular complexity index is 2990. The Morgan fingerprint density at radius 3 is 2.26 bits per heavy atom. The van der Waals surface area contributed by atoms with Crippen molar-refractivity contribution in [2.45, 2.75) is 19.6 Å². The van der Waals surface area contributed by atoms with Crippen molar-refractivity contribution < 1.29 is 19.0 Å². The fourth-order valence-corrected chi connectivity index (χ4v) is 7.14. The van der Waals surface area contributed by atoms with Crippen molar-refractivity contribution in [2.24, 2.45) is 4.99 Å². The van der Waals surface area contributed by atoms with E-state index in [4.69, 9.17) is 28.1 Å². The van der Waals surface area contributed by atoms with E-state index in [-0.39, 0.29) is 24.5 Å². The molecule has 4 aromatic carbocycles. The molecular formula is C39H27BrClF2N11O3. The van der Waals surface area contributed by atoms with Gasteiger partial charge in [0.1, 0.15) is 42.4 Å². The number of fused-ring (bicyclic) bond motifs is 3. The fraction of sp³-hybridized carbons (Fsp3) is 0.0769. The van der Waals surface area contributed by atoms with Crippen LogP contribution in [0.3, 0.4) is 0 Å². The highest BCUT2D eigenvalue weighted by Crippen LogP contribution is 2.33. The van der Waals surface area contributed by atoms with Crippen LogP contribution in [0, 0.1) is 11.6 Å². The third-order valence-corrected chi connectivity index (χ3v) is 10.2. The summed E-state index contributed by atoms with van der Waals surface area (Å²) in [5.41, 5.74) is 16.5. The van der Waals surface area contributed by atoms with Crippen molar-refractivity contribution in [1.29, 1.82) is 0 Å². The Morgan fingerprint density at radius 2 is 1.51 bits per heavy atom. The van der Waals surface area contributed by atoms with Gasteiger partial charge in [0.25, 0.3) is 5.56 Å². The minimum atomic E-state index is -0.805. The number of nitrogen functional groups attached to an aromatic ring is 2.